The Kier molecular flexibility index (Phi) is 3.71. The minimum atomic E-state index is -0.568. The molecule has 3 nitrogen and oxygen atoms in total. The fourth-order valence-corrected chi connectivity index (χ4v) is 1.20. The van der Waals surface area contributed by atoms with E-state index >= 15 is 0 Å². The summed E-state index contributed by atoms with van der Waals surface area (Å²) in [5, 5.41) is 12.1. The number of halogens is 1. The molecule has 78 valence electrons. The number of nitrogens with one attached hydrogen (secondary N) is 1. The van der Waals surface area contributed by atoms with Crippen molar-refractivity contribution >= 4 is 0 Å². The van der Waals surface area contributed by atoms with Crippen molar-refractivity contribution in [3.05, 3.63) is 23.5 Å². The van der Waals surface area contributed by atoms with Gasteiger partial charge < -0.3 is 15.2 Å². The minimum Gasteiger partial charge on any atom is -0.505 e. The normalized spacial score (nSPS) is 10.2. The molecular weight excluding hydrogens is 185 g/mol. The molecule has 0 aliphatic carbocycles. The molecule has 0 aromatic heterocycles. The van der Waals surface area contributed by atoms with E-state index in [2.05, 4.69) is 5.32 Å². The van der Waals surface area contributed by atoms with E-state index in [1.54, 1.807) is 13.1 Å². The predicted octanol–water partition coefficient (Wildman–Crippen LogP) is 1.30. The Morgan fingerprint density at radius 2 is 2.21 bits per heavy atom. The van der Waals surface area contributed by atoms with Gasteiger partial charge in [0.1, 0.15) is 5.75 Å². The van der Waals surface area contributed by atoms with E-state index in [-0.39, 0.29) is 5.75 Å². The predicted molar refractivity (Wildman–Crippen MR) is 52.2 cm³/mol. The molecule has 0 radical (unpaired) electrons. The van der Waals surface area contributed by atoms with Crippen LogP contribution in [0.15, 0.2) is 12.1 Å². The average Bonchev–Trinajstić information content (AvgIpc) is 2.20. The minimum absolute atomic E-state index is 0.365. The second-order valence-electron chi connectivity index (χ2n) is 2.97. The SMILES string of the molecule is CNCCc1cc(OC)cc(O)c1F. The Labute approximate surface area is 82.5 Å². The van der Waals surface area contributed by atoms with Gasteiger partial charge in [0, 0.05) is 6.07 Å². The molecule has 0 heterocycles. The third-order valence-electron chi connectivity index (χ3n) is 1.98. The maximum absolute atomic E-state index is 13.3. The number of aromatic hydroxyl groups is 1. The van der Waals surface area contributed by atoms with Gasteiger partial charge in [0.2, 0.25) is 0 Å². The van der Waals surface area contributed by atoms with Crippen LogP contribution in [-0.4, -0.2) is 25.8 Å². The molecule has 1 aromatic rings. The van der Waals surface area contributed by atoms with E-state index in [0.717, 1.165) is 0 Å². The maximum atomic E-state index is 13.3. The summed E-state index contributed by atoms with van der Waals surface area (Å²) >= 11 is 0. The van der Waals surface area contributed by atoms with Gasteiger partial charge in [-0.3, -0.25) is 0 Å². The molecule has 0 saturated heterocycles. The molecular formula is C10H14FNO2. The number of ether oxygens (including phenoxy) is 1. The van der Waals surface area contributed by atoms with Crippen molar-refractivity contribution in [2.45, 2.75) is 6.42 Å². The van der Waals surface area contributed by atoms with Gasteiger partial charge in [0.25, 0.3) is 0 Å². The highest BCUT2D eigenvalue weighted by molar-refractivity contribution is 5.39. The van der Waals surface area contributed by atoms with Gasteiger partial charge >= 0.3 is 0 Å². The van der Waals surface area contributed by atoms with Gasteiger partial charge in [-0.05, 0) is 31.6 Å². The van der Waals surface area contributed by atoms with Crippen LogP contribution in [0.1, 0.15) is 5.56 Å². The van der Waals surface area contributed by atoms with Gasteiger partial charge in [0.05, 0.1) is 7.11 Å². The van der Waals surface area contributed by atoms with Crippen molar-refractivity contribution in [2.75, 3.05) is 20.7 Å². The summed E-state index contributed by atoms with van der Waals surface area (Å²) in [6, 6.07) is 2.85. The number of likely N-dealkylation sites (N-methyl/N-ethyl adjacent to an activating group) is 1. The summed E-state index contributed by atoms with van der Waals surface area (Å²) in [6.07, 6.45) is 0.521. The lowest BCUT2D eigenvalue weighted by Crippen LogP contribution is -2.11. The molecule has 1 rings (SSSR count). The van der Waals surface area contributed by atoms with Crippen LogP contribution >= 0.6 is 0 Å². The lowest BCUT2D eigenvalue weighted by atomic mass is 10.1. The standard InChI is InChI=1S/C10H14FNO2/c1-12-4-3-7-5-8(14-2)6-9(13)10(7)11/h5-6,12-13H,3-4H2,1-2H3. The third kappa shape index (κ3) is 2.35. The molecule has 0 fully saturated rings. The van der Waals surface area contributed by atoms with Crippen molar-refractivity contribution in [1.29, 1.82) is 0 Å². The molecule has 0 aliphatic heterocycles. The van der Waals surface area contributed by atoms with Crippen LogP contribution in [0.2, 0.25) is 0 Å². The number of rotatable bonds is 4. The Morgan fingerprint density at radius 3 is 2.79 bits per heavy atom. The highest BCUT2D eigenvalue weighted by Crippen LogP contribution is 2.26. The van der Waals surface area contributed by atoms with Crippen LogP contribution < -0.4 is 10.1 Å². The molecule has 0 atom stereocenters. The molecule has 0 spiro atoms. The fourth-order valence-electron chi connectivity index (χ4n) is 1.20. The fraction of sp³-hybridized carbons (Fsp3) is 0.400. The number of phenolic OH excluding ortho intramolecular Hbond substituents is 1. The van der Waals surface area contributed by atoms with Gasteiger partial charge in [-0.25, -0.2) is 4.39 Å². The second-order valence-corrected chi connectivity index (χ2v) is 2.97. The maximum Gasteiger partial charge on any atom is 0.168 e. The quantitative estimate of drug-likeness (QED) is 0.768. The highest BCUT2D eigenvalue weighted by atomic mass is 19.1. The molecule has 0 aliphatic rings. The van der Waals surface area contributed by atoms with Crippen molar-refractivity contribution < 1.29 is 14.2 Å². The van der Waals surface area contributed by atoms with Crippen molar-refractivity contribution in [3.8, 4) is 11.5 Å². The third-order valence-corrected chi connectivity index (χ3v) is 1.98. The van der Waals surface area contributed by atoms with E-state index in [1.807, 2.05) is 0 Å². The van der Waals surface area contributed by atoms with E-state index in [1.165, 1.54) is 13.2 Å². The summed E-state index contributed by atoms with van der Waals surface area (Å²) in [6.45, 7) is 0.656. The largest absolute Gasteiger partial charge is 0.505 e. The highest BCUT2D eigenvalue weighted by Gasteiger charge is 2.09. The van der Waals surface area contributed by atoms with Crippen LogP contribution in [-0.2, 0) is 6.42 Å². The number of hydrogen-bond donors (Lipinski definition) is 2. The van der Waals surface area contributed by atoms with Gasteiger partial charge in [-0.2, -0.15) is 0 Å². The molecule has 0 amide bonds. The summed E-state index contributed by atoms with van der Waals surface area (Å²) in [5.74, 6) is -0.466. The topological polar surface area (TPSA) is 41.5 Å². The summed E-state index contributed by atoms with van der Waals surface area (Å²) in [5.41, 5.74) is 0.455. The van der Waals surface area contributed by atoms with Gasteiger partial charge in [-0.1, -0.05) is 0 Å². The second kappa shape index (κ2) is 4.81. The van der Waals surface area contributed by atoms with E-state index in [4.69, 9.17) is 4.74 Å². The zero-order valence-electron chi connectivity index (χ0n) is 8.30. The number of benzene rings is 1. The van der Waals surface area contributed by atoms with Crippen molar-refractivity contribution in [2.24, 2.45) is 0 Å². The van der Waals surface area contributed by atoms with Crippen LogP contribution in [0.5, 0.6) is 11.5 Å². The summed E-state index contributed by atoms with van der Waals surface area (Å²) in [4.78, 5) is 0. The lowest BCUT2D eigenvalue weighted by molar-refractivity contribution is 0.394. The number of hydrogen-bond acceptors (Lipinski definition) is 3. The van der Waals surface area contributed by atoms with E-state index in [9.17, 15) is 9.50 Å². The molecule has 14 heavy (non-hydrogen) atoms. The van der Waals surface area contributed by atoms with Crippen LogP contribution in [0.25, 0.3) is 0 Å². The molecule has 0 bridgehead atoms. The monoisotopic (exact) mass is 199 g/mol. The lowest BCUT2D eigenvalue weighted by Gasteiger charge is -2.07. The zero-order chi connectivity index (χ0) is 10.6. The molecule has 4 heteroatoms. The summed E-state index contributed by atoms with van der Waals surface area (Å²) in [7, 11) is 3.27. The van der Waals surface area contributed by atoms with Gasteiger partial charge in [-0.15, -0.1) is 0 Å². The Bertz CT molecular complexity index is 315. The Balaban J connectivity index is 2.95. The van der Waals surface area contributed by atoms with Crippen LogP contribution in [0.4, 0.5) is 4.39 Å². The Morgan fingerprint density at radius 1 is 1.50 bits per heavy atom. The van der Waals surface area contributed by atoms with Crippen LogP contribution in [0.3, 0.4) is 0 Å². The molecule has 1 aromatic carbocycles. The first-order valence-electron chi connectivity index (χ1n) is 4.39. The Hall–Kier alpha value is -1.29. The van der Waals surface area contributed by atoms with Gasteiger partial charge in [0.15, 0.2) is 11.6 Å². The first-order chi connectivity index (χ1) is 6.69. The molecule has 0 saturated carbocycles. The smallest absolute Gasteiger partial charge is 0.168 e. The first kappa shape index (κ1) is 10.8. The van der Waals surface area contributed by atoms with E-state index < -0.39 is 5.82 Å². The zero-order valence-corrected chi connectivity index (χ0v) is 8.30. The average molecular weight is 199 g/mol. The van der Waals surface area contributed by atoms with Crippen molar-refractivity contribution in [1.82, 2.24) is 5.32 Å². The number of phenols is 1. The molecule has 2 N–H and O–H groups in total. The van der Waals surface area contributed by atoms with Crippen LogP contribution in [0, 0.1) is 5.82 Å². The first-order valence-corrected chi connectivity index (χ1v) is 4.39. The summed E-state index contributed by atoms with van der Waals surface area (Å²) < 4.78 is 18.2. The molecule has 0 unspecified atom stereocenters. The van der Waals surface area contributed by atoms with E-state index in [0.29, 0.717) is 24.3 Å². The van der Waals surface area contributed by atoms with Crippen molar-refractivity contribution in [3.63, 3.8) is 0 Å². The number of methoxy groups -OCH3 is 1.